The van der Waals surface area contributed by atoms with Crippen LogP contribution in [0.3, 0.4) is 0 Å². The quantitative estimate of drug-likeness (QED) is 0.775. The average Bonchev–Trinajstić information content (AvgIpc) is 2.31. The molecule has 0 aliphatic carbocycles. The van der Waals surface area contributed by atoms with Gasteiger partial charge in [-0.3, -0.25) is 0 Å². The maximum Gasteiger partial charge on any atom is 0.0741 e. The maximum atomic E-state index is 8.81. The molecule has 0 heterocycles. The van der Waals surface area contributed by atoms with Crippen LogP contribution < -0.4 is 5.32 Å². The molecule has 1 aromatic rings. The highest BCUT2D eigenvalue weighted by atomic mass is 16.5. The Balaban J connectivity index is 2.54. The van der Waals surface area contributed by atoms with Gasteiger partial charge in [-0.15, -0.1) is 0 Å². The molecule has 1 rings (SSSR count). The highest BCUT2D eigenvalue weighted by Crippen LogP contribution is 2.12. The lowest BCUT2D eigenvalue weighted by Crippen LogP contribution is -2.29. The molecule has 0 aliphatic rings. The van der Waals surface area contributed by atoms with Crippen LogP contribution in [0, 0.1) is 0 Å². The molecule has 0 aromatic heterocycles. The smallest absolute Gasteiger partial charge is 0.0741 e. The molecule has 16 heavy (non-hydrogen) atoms. The lowest BCUT2D eigenvalue weighted by atomic mass is 10.1. The summed E-state index contributed by atoms with van der Waals surface area (Å²) in [5, 5.41) is 12.2. The standard InChI is InChI=1S/C13H21NO2/c1-10(11(2)16-3)14-13-6-4-12(5-7-13)8-9-15/h4-7,10-11,14-15H,8-9H2,1-3H3. The molecule has 0 fully saturated rings. The van der Waals surface area contributed by atoms with Gasteiger partial charge in [0.2, 0.25) is 0 Å². The predicted molar refractivity (Wildman–Crippen MR) is 66.8 cm³/mol. The van der Waals surface area contributed by atoms with Crippen molar-refractivity contribution in [2.24, 2.45) is 0 Å². The van der Waals surface area contributed by atoms with Crippen molar-refractivity contribution in [3.8, 4) is 0 Å². The van der Waals surface area contributed by atoms with E-state index in [1.165, 1.54) is 0 Å². The van der Waals surface area contributed by atoms with Crippen LogP contribution in [0.25, 0.3) is 0 Å². The van der Waals surface area contributed by atoms with Gasteiger partial charge < -0.3 is 15.2 Å². The minimum absolute atomic E-state index is 0.178. The molecule has 0 bridgehead atoms. The molecule has 90 valence electrons. The predicted octanol–water partition coefficient (Wildman–Crippen LogP) is 2.06. The van der Waals surface area contributed by atoms with Crippen LogP contribution in [-0.2, 0) is 11.2 Å². The summed E-state index contributed by atoms with van der Waals surface area (Å²) < 4.78 is 5.25. The summed E-state index contributed by atoms with van der Waals surface area (Å²) in [6, 6.07) is 8.40. The van der Waals surface area contributed by atoms with E-state index in [1.807, 2.05) is 31.2 Å². The number of aliphatic hydroxyl groups excluding tert-OH is 1. The van der Waals surface area contributed by atoms with Crippen LogP contribution in [-0.4, -0.2) is 31.0 Å². The van der Waals surface area contributed by atoms with Crippen LogP contribution in [0.15, 0.2) is 24.3 Å². The lowest BCUT2D eigenvalue weighted by Gasteiger charge is -2.21. The first-order chi connectivity index (χ1) is 7.67. The summed E-state index contributed by atoms with van der Waals surface area (Å²) in [6.07, 6.45) is 0.890. The Labute approximate surface area is 97.4 Å². The van der Waals surface area contributed by atoms with E-state index in [2.05, 4.69) is 12.2 Å². The molecule has 0 amide bonds. The maximum absolute atomic E-state index is 8.81. The van der Waals surface area contributed by atoms with Crippen molar-refractivity contribution >= 4 is 5.69 Å². The second-order valence-corrected chi connectivity index (χ2v) is 4.04. The molecule has 3 heteroatoms. The molecule has 2 atom stereocenters. The first-order valence-electron chi connectivity index (χ1n) is 5.66. The van der Waals surface area contributed by atoms with Gasteiger partial charge in [0.15, 0.2) is 0 Å². The summed E-state index contributed by atoms with van der Waals surface area (Å²) in [5.41, 5.74) is 2.23. The Bertz CT molecular complexity index is 297. The van der Waals surface area contributed by atoms with Gasteiger partial charge in [0.05, 0.1) is 6.10 Å². The molecule has 0 saturated carbocycles. The van der Waals surface area contributed by atoms with Gasteiger partial charge in [0, 0.05) is 25.4 Å². The van der Waals surface area contributed by atoms with E-state index in [-0.39, 0.29) is 18.8 Å². The Hall–Kier alpha value is -1.06. The van der Waals surface area contributed by atoms with Gasteiger partial charge in [-0.25, -0.2) is 0 Å². The minimum Gasteiger partial charge on any atom is -0.396 e. The number of hydrogen-bond donors (Lipinski definition) is 2. The fourth-order valence-electron chi connectivity index (χ4n) is 1.48. The molecule has 0 aliphatic heterocycles. The fourth-order valence-corrected chi connectivity index (χ4v) is 1.48. The first-order valence-corrected chi connectivity index (χ1v) is 5.66. The molecule has 0 saturated heterocycles. The zero-order valence-corrected chi connectivity index (χ0v) is 10.2. The fraction of sp³-hybridized carbons (Fsp3) is 0.538. The van der Waals surface area contributed by atoms with Gasteiger partial charge in [-0.2, -0.15) is 0 Å². The zero-order valence-electron chi connectivity index (χ0n) is 10.2. The van der Waals surface area contributed by atoms with Crippen molar-refractivity contribution in [1.82, 2.24) is 0 Å². The lowest BCUT2D eigenvalue weighted by molar-refractivity contribution is 0.106. The van der Waals surface area contributed by atoms with Crippen molar-refractivity contribution in [1.29, 1.82) is 0 Å². The van der Waals surface area contributed by atoms with Crippen molar-refractivity contribution in [3.05, 3.63) is 29.8 Å². The third-order valence-corrected chi connectivity index (χ3v) is 2.82. The van der Waals surface area contributed by atoms with Crippen molar-refractivity contribution < 1.29 is 9.84 Å². The second kappa shape index (κ2) is 6.51. The normalized spacial score (nSPS) is 14.5. The number of rotatable bonds is 6. The summed E-state index contributed by atoms with van der Waals surface area (Å²) in [6.45, 7) is 4.33. The molecule has 3 nitrogen and oxygen atoms in total. The minimum atomic E-state index is 0.178. The van der Waals surface area contributed by atoms with Crippen LogP contribution in [0.5, 0.6) is 0 Å². The van der Waals surface area contributed by atoms with E-state index in [0.717, 1.165) is 11.3 Å². The topological polar surface area (TPSA) is 41.5 Å². The van der Waals surface area contributed by atoms with Crippen LogP contribution in [0.1, 0.15) is 19.4 Å². The van der Waals surface area contributed by atoms with Gasteiger partial charge in [-0.05, 0) is 38.0 Å². The van der Waals surface area contributed by atoms with Crippen LogP contribution in [0.2, 0.25) is 0 Å². The molecule has 2 N–H and O–H groups in total. The van der Waals surface area contributed by atoms with Gasteiger partial charge >= 0.3 is 0 Å². The molecule has 1 aromatic carbocycles. The Morgan fingerprint density at radius 3 is 2.38 bits per heavy atom. The molecular formula is C13H21NO2. The number of aliphatic hydroxyl groups is 1. The van der Waals surface area contributed by atoms with E-state index >= 15 is 0 Å². The molecule has 0 spiro atoms. The average molecular weight is 223 g/mol. The summed E-state index contributed by atoms with van der Waals surface area (Å²) in [7, 11) is 1.72. The van der Waals surface area contributed by atoms with Gasteiger partial charge in [-0.1, -0.05) is 12.1 Å². The number of benzene rings is 1. The largest absolute Gasteiger partial charge is 0.396 e. The monoisotopic (exact) mass is 223 g/mol. The van der Waals surface area contributed by atoms with E-state index in [1.54, 1.807) is 7.11 Å². The van der Waals surface area contributed by atoms with E-state index in [4.69, 9.17) is 9.84 Å². The SMILES string of the molecule is COC(C)C(C)Nc1ccc(CCO)cc1. The Kier molecular flexibility index (Phi) is 5.29. The summed E-state index contributed by atoms with van der Waals surface area (Å²) in [5.74, 6) is 0. The van der Waals surface area contributed by atoms with E-state index in [9.17, 15) is 0 Å². The third kappa shape index (κ3) is 3.83. The van der Waals surface area contributed by atoms with Crippen molar-refractivity contribution in [3.63, 3.8) is 0 Å². The number of nitrogens with one attached hydrogen (secondary N) is 1. The Morgan fingerprint density at radius 2 is 1.88 bits per heavy atom. The van der Waals surface area contributed by atoms with E-state index in [0.29, 0.717) is 6.42 Å². The van der Waals surface area contributed by atoms with Crippen LogP contribution in [0.4, 0.5) is 5.69 Å². The highest BCUT2D eigenvalue weighted by molar-refractivity contribution is 5.45. The van der Waals surface area contributed by atoms with Crippen LogP contribution >= 0.6 is 0 Å². The van der Waals surface area contributed by atoms with Gasteiger partial charge in [0.25, 0.3) is 0 Å². The first kappa shape index (κ1) is 13.0. The number of anilines is 1. The number of hydrogen-bond acceptors (Lipinski definition) is 3. The number of methoxy groups -OCH3 is 1. The summed E-state index contributed by atoms with van der Waals surface area (Å²) >= 11 is 0. The van der Waals surface area contributed by atoms with Gasteiger partial charge in [0.1, 0.15) is 0 Å². The number of ether oxygens (including phenoxy) is 1. The molecule has 0 radical (unpaired) electrons. The third-order valence-electron chi connectivity index (χ3n) is 2.82. The Morgan fingerprint density at radius 1 is 1.25 bits per heavy atom. The highest BCUT2D eigenvalue weighted by Gasteiger charge is 2.10. The van der Waals surface area contributed by atoms with Crippen molar-refractivity contribution in [2.45, 2.75) is 32.4 Å². The van der Waals surface area contributed by atoms with Crippen molar-refractivity contribution in [2.75, 3.05) is 19.0 Å². The zero-order chi connectivity index (χ0) is 12.0. The summed E-state index contributed by atoms with van der Waals surface area (Å²) in [4.78, 5) is 0. The second-order valence-electron chi connectivity index (χ2n) is 4.04. The van der Waals surface area contributed by atoms with E-state index < -0.39 is 0 Å². The molecular weight excluding hydrogens is 202 g/mol. The molecule has 2 unspecified atom stereocenters.